The van der Waals surface area contributed by atoms with E-state index < -0.39 is 76.6 Å². The number of hydroxylamine groups is 1. The largest absolute Gasteiger partial charge is 0.481 e. The van der Waals surface area contributed by atoms with Gasteiger partial charge in [0.05, 0.1) is 24.6 Å². The Kier molecular flexibility index (Phi) is 22.4. The lowest BCUT2D eigenvalue weighted by molar-refractivity contribution is -0.145. The second-order valence-electron chi connectivity index (χ2n) is 21.2. The minimum absolute atomic E-state index is 0.00191. The minimum Gasteiger partial charge on any atom is -0.481 e. The molecule has 392 valence electrons. The number of nitrogens with zero attached hydrogens (tertiary/aromatic N) is 2. The van der Waals surface area contributed by atoms with Gasteiger partial charge in [0.1, 0.15) is 18.1 Å². The maximum Gasteiger partial charge on any atom is 0.306 e. The van der Waals surface area contributed by atoms with Crippen LogP contribution in [0.1, 0.15) is 119 Å². The monoisotopic (exact) mass is 989 g/mol. The number of carbonyl (C=O) groups excluding carboxylic acids is 7. The van der Waals surface area contributed by atoms with Gasteiger partial charge in [0.25, 0.3) is 5.91 Å². The number of rotatable bonds is 24. The molecule has 0 unspecified atom stereocenters. The van der Waals surface area contributed by atoms with E-state index in [1.807, 2.05) is 97.8 Å². The van der Waals surface area contributed by atoms with Gasteiger partial charge in [-0.1, -0.05) is 111 Å². The zero-order valence-corrected chi connectivity index (χ0v) is 44.1. The number of anilines is 1. The lowest BCUT2D eigenvalue weighted by Gasteiger charge is -2.40. The van der Waals surface area contributed by atoms with Crippen LogP contribution in [0, 0.1) is 23.2 Å². The number of carbonyl (C=O) groups is 8. The lowest BCUT2D eigenvalue weighted by atomic mass is 9.76. The Morgan fingerprint density at radius 1 is 0.761 bits per heavy atom. The summed E-state index contributed by atoms with van der Waals surface area (Å²) < 4.78 is 0. The van der Waals surface area contributed by atoms with Crippen LogP contribution in [-0.4, -0.2) is 120 Å². The van der Waals surface area contributed by atoms with E-state index in [0.29, 0.717) is 42.8 Å². The van der Waals surface area contributed by atoms with Crippen molar-refractivity contribution in [3.8, 4) is 0 Å². The summed E-state index contributed by atoms with van der Waals surface area (Å²) in [5, 5.41) is 23.4. The molecule has 2 aromatic rings. The molecule has 1 aliphatic rings. The summed E-state index contributed by atoms with van der Waals surface area (Å²) in [7, 11) is 3.69. The van der Waals surface area contributed by atoms with Gasteiger partial charge >= 0.3 is 5.97 Å². The Bertz CT molecular complexity index is 2180. The van der Waals surface area contributed by atoms with Crippen LogP contribution in [0.4, 0.5) is 5.69 Å². The fraction of sp³-hybridized carbons (Fsp3) is 0.585. The zero-order chi connectivity index (χ0) is 53.4. The van der Waals surface area contributed by atoms with Crippen molar-refractivity contribution in [2.24, 2.45) is 23.2 Å². The van der Waals surface area contributed by atoms with E-state index in [9.17, 15) is 43.5 Å². The molecule has 0 bridgehead atoms. The van der Waals surface area contributed by atoms with Crippen molar-refractivity contribution in [2.45, 2.75) is 150 Å². The van der Waals surface area contributed by atoms with Crippen molar-refractivity contribution >= 4 is 53.0 Å². The molecule has 71 heavy (non-hydrogen) atoms. The van der Waals surface area contributed by atoms with Gasteiger partial charge in [-0.3, -0.25) is 48.1 Å². The molecule has 0 saturated carbocycles. The van der Waals surface area contributed by atoms with Gasteiger partial charge in [-0.15, -0.1) is 0 Å². The number of carboxylic acids is 1. The SMILES string of the molecule is C/C(=C\[C@@H](NC(=O)[C@@H](NC(=O)[C@@H](N(C)C)C(C)(C)c1ccccc1)C(C)(C)C)C(C)C)C(=O)NOCc1ccc(NC(=O)[C@H](C)NC(=O)[C@@H](NC(=O)CCCC(=O)N2CCC(C(=O)O)CC2)C(C)C)cc1. The molecule has 1 saturated heterocycles. The third-order valence-electron chi connectivity index (χ3n) is 12.8. The van der Waals surface area contributed by atoms with Crippen LogP contribution in [0.5, 0.6) is 0 Å². The van der Waals surface area contributed by atoms with Crippen LogP contribution >= 0.6 is 0 Å². The maximum atomic E-state index is 14.0. The van der Waals surface area contributed by atoms with Crippen LogP contribution in [0.3, 0.4) is 0 Å². The molecule has 1 fully saturated rings. The van der Waals surface area contributed by atoms with Crippen molar-refractivity contribution in [1.29, 1.82) is 0 Å². The van der Waals surface area contributed by atoms with Gasteiger partial charge in [-0.2, -0.15) is 0 Å². The first kappa shape index (κ1) is 59.2. The Balaban J connectivity index is 1.49. The summed E-state index contributed by atoms with van der Waals surface area (Å²) in [6, 6.07) is 12.6. The number of hydrogen-bond donors (Lipinski definition) is 7. The van der Waals surface area contributed by atoms with Gasteiger partial charge in [0, 0.05) is 42.6 Å². The van der Waals surface area contributed by atoms with Crippen LogP contribution in [0.2, 0.25) is 0 Å². The summed E-state index contributed by atoms with van der Waals surface area (Å²) in [6.45, 7) is 20.9. The molecule has 7 amide bonds. The standard InChI is InChI=1S/C53H80N8O10/c1-32(2)40(56-49(67)44(52(7,8)9)58-50(68)45(60(12)13)53(10,11)38-18-15-14-16-19-38)30-34(5)46(64)59-71-31-36-22-24-39(25-23-36)55-47(65)35(6)54-48(66)43(33(3)4)57-41(62)20-17-21-42(63)61-28-26-37(27-29-61)51(69)70/h14-16,18-19,22-25,30,32-33,35,37,40,43-45H,17,20-21,26-29,31H2,1-13H3,(H,54,66)(H,55,65)(H,56,67)(H,57,62)(H,58,68)(H,59,64)(H,69,70)/b34-30+/t35-,40+,43-,44+,45+/m0/s1. The second-order valence-corrected chi connectivity index (χ2v) is 21.2. The highest BCUT2D eigenvalue weighted by molar-refractivity contribution is 5.98. The van der Waals surface area contributed by atoms with Crippen LogP contribution in [0.15, 0.2) is 66.2 Å². The zero-order valence-electron chi connectivity index (χ0n) is 44.1. The van der Waals surface area contributed by atoms with Gasteiger partial charge in [-0.05, 0) is 87.7 Å². The van der Waals surface area contributed by atoms with Gasteiger partial charge in [-0.25, -0.2) is 5.48 Å². The van der Waals surface area contributed by atoms with Crippen LogP contribution in [-0.2, 0) is 55.2 Å². The Morgan fingerprint density at radius 2 is 1.37 bits per heavy atom. The first-order valence-corrected chi connectivity index (χ1v) is 24.6. The van der Waals surface area contributed by atoms with E-state index >= 15 is 0 Å². The highest BCUT2D eigenvalue weighted by Gasteiger charge is 2.42. The number of nitrogens with one attached hydrogen (secondary N) is 6. The third kappa shape index (κ3) is 18.2. The number of amides is 7. The van der Waals surface area contributed by atoms with Crippen molar-refractivity contribution in [2.75, 3.05) is 32.5 Å². The van der Waals surface area contributed by atoms with Crippen LogP contribution in [0.25, 0.3) is 0 Å². The number of piperidine rings is 1. The molecule has 7 N–H and O–H groups in total. The Morgan fingerprint density at radius 3 is 1.90 bits per heavy atom. The average molecular weight is 989 g/mol. The predicted octanol–water partition coefficient (Wildman–Crippen LogP) is 4.84. The van der Waals surface area contributed by atoms with Crippen molar-refractivity contribution in [1.82, 2.24) is 36.5 Å². The van der Waals surface area contributed by atoms with E-state index in [4.69, 9.17) is 4.84 Å². The number of aliphatic carboxylic acids is 1. The van der Waals surface area contributed by atoms with E-state index in [2.05, 4.69) is 32.1 Å². The average Bonchev–Trinajstić information content (AvgIpc) is 3.29. The highest BCUT2D eigenvalue weighted by Crippen LogP contribution is 2.31. The summed E-state index contributed by atoms with van der Waals surface area (Å²) in [6.07, 6.45) is 2.88. The molecule has 0 aromatic heterocycles. The molecular weight excluding hydrogens is 909 g/mol. The molecule has 0 radical (unpaired) electrons. The lowest BCUT2D eigenvalue weighted by Crippen LogP contribution is -2.61. The number of carboxylic acid groups (broad SMARTS) is 1. The molecular formula is C53H80N8O10. The van der Waals surface area contributed by atoms with E-state index in [0.717, 1.165) is 5.56 Å². The third-order valence-corrected chi connectivity index (χ3v) is 12.8. The van der Waals surface area contributed by atoms with E-state index in [1.165, 1.54) is 6.92 Å². The Hall–Kier alpha value is -6.14. The molecule has 3 rings (SSSR count). The summed E-state index contributed by atoms with van der Waals surface area (Å²) in [5.41, 5.74) is 3.62. The maximum absolute atomic E-state index is 14.0. The molecule has 2 aromatic carbocycles. The number of likely N-dealkylation sites (tertiary alicyclic amines) is 1. The number of hydrogen-bond acceptors (Lipinski definition) is 10. The summed E-state index contributed by atoms with van der Waals surface area (Å²) >= 11 is 0. The molecule has 1 heterocycles. The summed E-state index contributed by atoms with van der Waals surface area (Å²) in [5.74, 6) is -4.47. The number of likely N-dealkylation sites (N-methyl/N-ethyl adjacent to an activating group) is 1. The van der Waals surface area contributed by atoms with Crippen LogP contribution < -0.4 is 32.1 Å². The Labute approximate surface area is 420 Å². The first-order valence-electron chi connectivity index (χ1n) is 24.6. The molecule has 18 nitrogen and oxygen atoms in total. The fourth-order valence-electron chi connectivity index (χ4n) is 8.41. The quantitative estimate of drug-likeness (QED) is 0.0555. The van der Waals surface area contributed by atoms with Gasteiger partial charge in [0.2, 0.25) is 35.4 Å². The molecule has 0 spiro atoms. The fourth-order valence-corrected chi connectivity index (χ4v) is 8.41. The highest BCUT2D eigenvalue weighted by atomic mass is 16.6. The van der Waals surface area contributed by atoms with Gasteiger partial charge in [0.15, 0.2) is 0 Å². The predicted molar refractivity (Wildman–Crippen MR) is 272 cm³/mol. The smallest absolute Gasteiger partial charge is 0.306 e. The minimum atomic E-state index is -0.957. The number of benzene rings is 2. The van der Waals surface area contributed by atoms with Crippen molar-refractivity contribution in [3.05, 3.63) is 77.4 Å². The molecule has 0 aliphatic carbocycles. The molecule has 18 heteroatoms. The summed E-state index contributed by atoms with van der Waals surface area (Å²) in [4.78, 5) is 113. The normalized spacial score (nSPS) is 15.8. The topological polar surface area (TPSA) is 245 Å². The first-order chi connectivity index (χ1) is 33.1. The van der Waals surface area contributed by atoms with Gasteiger partial charge < -0.3 is 36.6 Å². The second kappa shape index (κ2) is 26.9. The molecule has 5 atom stereocenters. The van der Waals surface area contributed by atoms with E-state index in [-0.39, 0.29) is 55.4 Å². The molecule has 1 aliphatic heterocycles. The van der Waals surface area contributed by atoms with Crippen molar-refractivity contribution < 1.29 is 48.3 Å². The van der Waals surface area contributed by atoms with E-state index in [1.54, 1.807) is 56.0 Å². The van der Waals surface area contributed by atoms with Crippen molar-refractivity contribution in [3.63, 3.8) is 0 Å².